The van der Waals surface area contributed by atoms with Crippen molar-refractivity contribution >= 4 is 11.8 Å². The fourth-order valence-electron chi connectivity index (χ4n) is 2.72. The molecule has 0 aromatic rings. The van der Waals surface area contributed by atoms with E-state index in [1.165, 1.54) is 0 Å². The number of rotatable bonds is 7. The van der Waals surface area contributed by atoms with Crippen molar-refractivity contribution in [1.29, 1.82) is 0 Å². The van der Waals surface area contributed by atoms with Crippen LogP contribution in [0.3, 0.4) is 0 Å². The zero-order valence-corrected chi connectivity index (χ0v) is 13.7. The summed E-state index contributed by atoms with van der Waals surface area (Å²) < 4.78 is 0. The molecule has 1 aliphatic rings. The largest absolute Gasteiger partial charge is 0.356 e. The molecule has 4 N–H and O–H groups in total. The van der Waals surface area contributed by atoms with Crippen molar-refractivity contribution in [2.24, 2.45) is 23.0 Å². The highest BCUT2D eigenvalue weighted by atomic mass is 16.2. The van der Waals surface area contributed by atoms with E-state index < -0.39 is 5.41 Å². The summed E-state index contributed by atoms with van der Waals surface area (Å²) in [6, 6.07) is 0. The molecular weight excluding hydrogens is 266 g/mol. The highest BCUT2D eigenvalue weighted by Gasteiger charge is 2.39. The molecular formula is C16H31N3O2. The van der Waals surface area contributed by atoms with Crippen LogP contribution in [0.4, 0.5) is 0 Å². The Balaban J connectivity index is 2.33. The third kappa shape index (κ3) is 5.65. The molecule has 122 valence electrons. The Kier molecular flexibility index (Phi) is 7.15. The van der Waals surface area contributed by atoms with E-state index in [-0.39, 0.29) is 11.8 Å². The second kappa shape index (κ2) is 8.37. The molecule has 21 heavy (non-hydrogen) atoms. The van der Waals surface area contributed by atoms with E-state index in [0.717, 1.165) is 25.7 Å². The van der Waals surface area contributed by atoms with Crippen LogP contribution in [-0.2, 0) is 9.59 Å². The molecule has 1 aliphatic carbocycles. The first-order valence-corrected chi connectivity index (χ1v) is 8.14. The van der Waals surface area contributed by atoms with Crippen LogP contribution in [-0.4, -0.2) is 31.4 Å². The molecule has 1 saturated carbocycles. The van der Waals surface area contributed by atoms with Gasteiger partial charge < -0.3 is 16.4 Å². The van der Waals surface area contributed by atoms with Crippen LogP contribution >= 0.6 is 0 Å². The fourth-order valence-corrected chi connectivity index (χ4v) is 2.72. The smallest absolute Gasteiger partial charge is 0.227 e. The van der Waals surface area contributed by atoms with Crippen LogP contribution < -0.4 is 16.4 Å². The van der Waals surface area contributed by atoms with E-state index in [4.69, 9.17) is 5.73 Å². The van der Waals surface area contributed by atoms with E-state index in [2.05, 4.69) is 31.4 Å². The van der Waals surface area contributed by atoms with Crippen molar-refractivity contribution in [3.8, 4) is 0 Å². The molecule has 0 radical (unpaired) electrons. The van der Waals surface area contributed by atoms with Crippen molar-refractivity contribution in [1.82, 2.24) is 10.6 Å². The Bertz CT molecular complexity index is 347. The van der Waals surface area contributed by atoms with Crippen LogP contribution in [0.1, 0.15) is 52.9 Å². The monoisotopic (exact) mass is 297 g/mol. The predicted octanol–water partition coefficient (Wildman–Crippen LogP) is 1.42. The predicted molar refractivity (Wildman–Crippen MR) is 84.6 cm³/mol. The normalized spacial score (nSPS) is 25.7. The number of hydrogen-bond donors (Lipinski definition) is 3. The van der Waals surface area contributed by atoms with Crippen LogP contribution in [0.15, 0.2) is 0 Å². The van der Waals surface area contributed by atoms with Gasteiger partial charge in [-0.2, -0.15) is 0 Å². The van der Waals surface area contributed by atoms with Crippen molar-refractivity contribution in [2.45, 2.75) is 52.9 Å². The third-order valence-electron chi connectivity index (χ3n) is 4.45. The molecule has 5 nitrogen and oxygen atoms in total. The van der Waals surface area contributed by atoms with Gasteiger partial charge in [0.1, 0.15) is 0 Å². The summed E-state index contributed by atoms with van der Waals surface area (Å²) in [4.78, 5) is 24.0. The van der Waals surface area contributed by atoms with Crippen molar-refractivity contribution < 1.29 is 9.59 Å². The molecule has 1 rings (SSSR count). The Morgan fingerprint density at radius 3 is 2.38 bits per heavy atom. The number of nitrogens with two attached hydrogens (primary N) is 1. The topological polar surface area (TPSA) is 84.2 Å². The Morgan fingerprint density at radius 1 is 1.24 bits per heavy atom. The number of nitrogens with one attached hydrogen (secondary N) is 2. The summed E-state index contributed by atoms with van der Waals surface area (Å²) in [6.45, 7) is 7.79. The van der Waals surface area contributed by atoms with Gasteiger partial charge in [-0.15, -0.1) is 0 Å². The summed E-state index contributed by atoms with van der Waals surface area (Å²) in [7, 11) is 0. The SMILES string of the molecule is CC(C)CNC(=O)CCNC(=O)C1(CN)CCC(C)CC1. The zero-order chi connectivity index (χ0) is 15.9. The minimum absolute atomic E-state index is 0.0111. The van der Waals surface area contributed by atoms with E-state index in [1.807, 2.05) is 0 Å². The highest BCUT2D eigenvalue weighted by Crippen LogP contribution is 2.38. The van der Waals surface area contributed by atoms with Gasteiger partial charge >= 0.3 is 0 Å². The van der Waals surface area contributed by atoms with Crippen molar-refractivity contribution in [3.63, 3.8) is 0 Å². The van der Waals surface area contributed by atoms with Gasteiger partial charge in [-0.25, -0.2) is 0 Å². The first-order valence-electron chi connectivity index (χ1n) is 8.14. The Morgan fingerprint density at radius 2 is 1.86 bits per heavy atom. The minimum atomic E-state index is -0.416. The van der Waals surface area contributed by atoms with Crippen LogP contribution in [0.25, 0.3) is 0 Å². The molecule has 1 fully saturated rings. The maximum absolute atomic E-state index is 12.4. The highest BCUT2D eigenvalue weighted by molar-refractivity contribution is 5.84. The van der Waals surface area contributed by atoms with E-state index in [0.29, 0.717) is 37.9 Å². The number of hydrogen-bond acceptors (Lipinski definition) is 3. The second-order valence-corrected chi connectivity index (χ2v) is 6.87. The average molecular weight is 297 g/mol. The number of amides is 2. The number of carbonyl (C=O) groups excluding carboxylic acids is 2. The van der Waals surface area contributed by atoms with Gasteiger partial charge in [-0.05, 0) is 37.5 Å². The molecule has 2 amide bonds. The second-order valence-electron chi connectivity index (χ2n) is 6.87. The molecule has 0 bridgehead atoms. The van der Waals surface area contributed by atoms with E-state index in [9.17, 15) is 9.59 Å². The van der Waals surface area contributed by atoms with Crippen LogP contribution in [0.2, 0.25) is 0 Å². The summed E-state index contributed by atoms with van der Waals surface area (Å²) in [5.41, 5.74) is 5.44. The summed E-state index contributed by atoms with van der Waals surface area (Å²) in [6.07, 6.45) is 4.15. The molecule has 0 aliphatic heterocycles. The fraction of sp³-hybridized carbons (Fsp3) is 0.875. The standard InChI is InChI=1S/C16H31N3O2/c1-12(2)10-19-14(20)6-9-18-15(21)16(11-17)7-4-13(3)5-8-16/h12-13H,4-11,17H2,1-3H3,(H,18,21)(H,19,20). The van der Waals surface area contributed by atoms with Crippen molar-refractivity contribution in [3.05, 3.63) is 0 Å². The first kappa shape index (κ1) is 18.0. The molecule has 0 aromatic carbocycles. The summed E-state index contributed by atoms with van der Waals surface area (Å²) in [5, 5.41) is 5.75. The molecule has 5 heteroatoms. The Labute approximate surface area is 128 Å². The van der Waals surface area contributed by atoms with Gasteiger partial charge in [-0.3, -0.25) is 9.59 Å². The first-order chi connectivity index (χ1) is 9.89. The molecule has 0 saturated heterocycles. The quantitative estimate of drug-likeness (QED) is 0.664. The van der Waals surface area contributed by atoms with E-state index >= 15 is 0 Å². The van der Waals surface area contributed by atoms with Gasteiger partial charge in [0, 0.05) is 26.1 Å². The molecule has 0 aromatic heterocycles. The van der Waals surface area contributed by atoms with Crippen molar-refractivity contribution in [2.75, 3.05) is 19.6 Å². The minimum Gasteiger partial charge on any atom is -0.356 e. The van der Waals surface area contributed by atoms with Gasteiger partial charge in [-0.1, -0.05) is 20.8 Å². The molecule has 0 atom stereocenters. The lowest BCUT2D eigenvalue weighted by atomic mass is 9.70. The van der Waals surface area contributed by atoms with Gasteiger partial charge in [0.05, 0.1) is 5.41 Å². The summed E-state index contributed by atoms with van der Waals surface area (Å²) >= 11 is 0. The third-order valence-corrected chi connectivity index (χ3v) is 4.45. The lowest BCUT2D eigenvalue weighted by molar-refractivity contribution is -0.133. The van der Waals surface area contributed by atoms with Gasteiger partial charge in [0.2, 0.25) is 11.8 Å². The van der Waals surface area contributed by atoms with Crippen LogP contribution in [0.5, 0.6) is 0 Å². The average Bonchev–Trinajstić information content (AvgIpc) is 2.46. The Hall–Kier alpha value is -1.10. The van der Waals surface area contributed by atoms with Gasteiger partial charge in [0.25, 0.3) is 0 Å². The lowest BCUT2D eigenvalue weighted by Gasteiger charge is -2.37. The van der Waals surface area contributed by atoms with E-state index in [1.54, 1.807) is 0 Å². The molecule has 0 spiro atoms. The maximum Gasteiger partial charge on any atom is 0.227 e. The zero-order valence-electron chi connectivity index (χ0n) is 13.7. The maximum atomic E-state index is 12.4. The number of carbonyl (C=O) groups is 2. The molecule has 0 heterocycles. The van der Waals surface area contributed by atoms with Gasteiger partial charge in [0.15, 0.2) is 0 Å². The van der Waals surface area contributed by atoms with Crippen LogP contribution in [0, 0.1) is 17.3 Å². The lowest BCUT2D eigenvalue weighted by Crippen LogP contribution is -2.48. The molecule has 0 unspecified atom stereocenters. The summed E-state index contributed by atoms with van der Waals surface area (Å²) in [5.74, 6) is 1.13.